The molecule has 0 saturated carbocycles. The van der Waals surface area contributed by atoms with Gasteiger partial charge in [-0.2, -0.15) is 13.2 Å². The lowest BCUT2D eigenvalue weighted by Gasteiger charge is -2.05. The van der Waals surface area contributed by atoms with Crippen LogP contribution < -0.4 is 5.73 Å². The van der Waals surface area contributed by atoms with Gasteiger partial charge in [0, 0.05) is 5.56 Å². The summed E-state index contributed by atoms with van der Waals surface area (Å²) in [5.74, 6) is -1.93. The molecule has 1 aromatic carbocycles. The van der Waals surface area contributed by atoms with E-state index in [4.69, 9.17) is 17.3 Å². The van der Waals surface area contributed by atoms with Crippen molar-refractivity contribution in [2.24, 2.45) is 0 Å². The van der Waals surface area contributed by atoms with Gasteiger partial charge < -0.3 is 5.73 Å². The SMILES string of the molecule is Nc1ccc(C(=O)C(F)(F)F)cc1Cl. The third-order valence-corrected chi connectivity index (χ3v) is 1.85. The molecule has 14 heavy (non-hydrogen) atoms. The van der Waals surface area contributed by atoms with Gasteiger partial charge in [-0.15, -0.1) is 0 Å². The molecule has 0 aromatic heterocycles. The summed E-state index contributed by atoms with van der Waals surface area (Å²) in [6.07, 6.45) is -4.89. The third kappa shape index (κ3) is 2.17. The van der Waals surface area contributed by atoms with E-state index in [0.29, 0.717) is 0 Å². The number of rotatable bonds is 1. The first-order chi connectivity index (χ1) is 6.32. The van der Waals surface area contributed by atoms with Gasteiger partial charge in [-0.25, -0.2) is 0 Å². The van der Waals surface area contributed by atoms with Crippen molar-refractivity contribution >= 4 is 23.1 Å². The number of Topliss-reactive ketones (excluding diaryl/α,β-unsaturated/α-hetero) is 1. The monoisotopic (exact) mass is 223 g/mol. The lowest BCUT2D eigenvalue weighted by atomic mass is 10.1. The summed E-state index contributed by atoms with van der Waals surface area (Å²) in [6.45, 7) is 0. The second kappa shape index (κ2) is 3.49. The predicted molar refractivity (Wildman–Crippen MR) is 46.2 cm³/mol. The number of nitrogens with two attached hydrogens (primary N) is 1. The molecule has 2 nitrogen and oxygen atoms in total. The quantitative estimate of drug-likeness (QED) is 0.588. The Hall–Kier alpha value is -1.23. The van der Waals surface area contributed by atoms with Crippen molar-refractivity contribution in [1.82, 2.24) is 0 Å². The van der Waals surface area contributed by atoms with Gasteiger partial charge in [-0.1, -0.05) is 11.6 Å². The fraction of sp³-hybridized carbons (Fsp3) is 0.125. The number of hydrogen-bond donors (Lipinski definition) is 1. The molecule has 1 aromatic rings. The maximum Gasteiger partial charge on any atom is 0.454 e. The van der Waals surface area contributed by atoms with Crippen LogP contribution >= 0.6 is 11.6 Å². The van der Waals surface area contributed by atoms with E-state index < -0.39 is 17.5 Å². The van der Waals surface area contributed by atoms with E-state index in [-0.39, 0.29) is 10.7 Å². The summed E-state index contributed by atoms with van der Waals surface area (Å²) in [5, 5.41) is -0.0694. The van der Waals surface area contributed by atoms with Crippen molar-refractivity contribution in [2.75, 3.05) is 5.73 Å². The Labute approximate surface area is 82.5 Å². The summed E-state index contributed by atoms with van der Waals surface area (Å²) in [6, 6.07) is 3.03. The fourth-order valence-electron chi connectivity index (χ4n) is 0.832. The zero-order chi connectivity index (χ0) is 10.9. The van der Waals surface area contributed by atoms with Crippen molar-refractivity contribution in [1.29, 1.82) is 0 Å². The summed E-state index contributed by atoms with van der Waals surface area (Å²) in [4.78, 5) is 10.7. The highest BCUT2D eigenvalue weighted by molar-refractivity contribution is 6.33. The first kappa shape index (κ1) is 10.8. The largest absolute Gasteiger partial charge is 0.454 e. The summed E-state index contributed by atoms with van der Waals surface area (Å²) < 4.78 is 35.8. The van der Waals surface area contributed by atoms with E-state index in [1.165, 1.54) is 0 Å². The highest BCUT2D eigenvalue weighted by atomic mass is 35.5. The van der Waals surface area contributed by atoms with Gasteiger partial charge in [0.15, 0.2) is 0 Å². The molecule has 0 fully saturated rings. The van der Waals surface area contributed by atoms with Crippen molar-refractivity contribution in [3.8, 4) is 0 Å². The van der Waals surface area contributed by atoms with Crippen LogP contribution in [-0.4, -0.2) is 12.0 Å². The molecule has 0 unspecified atom stereocenters. The molecular formula is C8H5ClF3NO. The topological polar surface area (TPSA) is 43.1 Å². The minimum atomic E-state index is -4.89. The van der Waals surface area contributed by atoms with Crippen LogP contribution in [0.4, 0.5) is 18.9 Å². The predicted octanol–water partition coefficient (Wildman–Crippen LogP) is 2.67. The zero-order valence-electron chi connectivity index (χ0n) is 6.73. The Morgan fingerprint density at radius 3 is 2.36 bits per heavy atom. The molecule has 0 bridgehead atoms. The second-order valence-electron chi connectivity index (χ2n) is 2.56. The number of hydrogen-bond acceptors (Lipinski definition) is 2. The Balaban J connectivity index is 3.10. The molecule has 0 amide bonds. The van der Waals surface area contributed by atoms with Gasteiger partial charge >= 0.3 is 6.18 Å². The van der Waals surface area contributed by atoms with Crippen molar-refractivity contribution in [3.05, 3.63) is 28.8 Å². The average Bonchev–Trinajstić information content (AvgIpc) is 2.07. The van der Waals surface area contributed by atoms with Crippen molar-refractivity contribution < 1.29 is 18.0 Å². The lowest BCUT2D eigenvalue weighted by Crippen LogP contribution is -2.22. The molecule has 0 atom stereocenters. The average molecular weight is 224 g/mol. The number of benzene rings is 1. The number of alkyl halides is 3. The molecule has 0 aliphatic heterocycles. The standard InChI is InChI=1S/C8H5ClF3NO/c9-5-3-4(1-2-6(5)13)7(14)8(10,11)12/h1-3H,13H2. The van der Waals surface area contributed by atoms with Crippen LogP contribution in [0.3, 0.4) is 0 Å². The Morgan fingerprint density at radius 1 is 1.36 bits per heavy atom. The first-order valence-corrected chi connectivity index (χ1v) is 3.86. The van der Waals surface area contributed by atoms with E-state index in [1.807, 2.05) is 0 Å². The van der Waals surface area contributed by atoms with Gasteiger partial charge in [0.25, 0.3) is 5.78 Å². The van der Waals surface area contributed by atoms with Crippen LogP contribution in [0.1, 0.15) is 10.4 Å². The minimum absolute atomic E-state index is 0.0694. The van der Waals surface area contributed by atoms with Crippen LogP contribution in [0.15, 0.2) is 18.2 Å². The van der Waals surface area contributed by atoms with Gasteiger partial charge in [0.05, 0.1) is 10.7 Å². The summed E-state index contributed by atoms with van der Waals surface area (Å²) >= 11 is 5.46. The molecule has 0 aliphatic carbocycles. The van der Waals surface area contributed by atoms with Gasteiger partial charge in [-0.3, -0.25) is 4.79 Å². The Kier molecular flexibility index (Phi) is 2.71. The lowest BCUT2D eigenvalue weighted by molar-refractivity contribution is -0.0885. The zero-order valence-corrected chi connectivity index (χ0v) is 7.49. The first-order valence-electron chi connectivity index (χ1n) is 3.49. The highest BCUT2D eigenvalue weighted by Gasteiger charge is 2.39. The number of carbonyl (C=O) groups excluding carboxylic acids is 1. The molecule has 0 aliphatic rings. The van der Waals surface area contributed by atoms with Gasteiger partial charge in [0.2, 0.25) is 0 Å². The molecule has 0 heterocycles. The molecule has 0 spiro atoms. The molecule has 76 valence electrons. The molecular weight excluding hydrogens is 219 g/mol. The van der Waals surface area contributed by atoms with Crippen LogP contribution in [0.2, 0.25) is 5.02 Å². The maximum absolute atomic E-state index is 11.9. The molecule has 2 N–H and O–H groups in total. The molecule has 6 heteroatoms. The Bertz CT molecular complexity index is 375. The number of anilines is 1. The van der Waals surface area contributed by atoms with Crippen molar-refractivity contribution in [3.63, 3.8) is 0 Å². The number of carbonyl (C=O) groups is 1. The molecule has 0 radical (unpaired) electrons. The Morgan fingerprint density at radius 2 is 1.93 bits per heavy atom. The van der Waals surface area contributed by atoms with E-state index in [9.17, 15) is 18.0 Å². The summed E-state index contributed by atoms with van der Waals surface area (Å²) in [5.41, 5.74) is 4.89. The number of nitrogen functional groups attached to an aromatic ring is 1. The minimum Gasteiger partial charge on any atom is -0.398 e. The highest BCUT2D eigenvalue weighted by Crippen LogP contribution is 2.25. The third-order valence-electron chi connectivity index (χ3n) is 1.52. The molecule has 1 rings (SSSR count). The van der Waals surface area contributed by atoms with Crippen LogP contribution in [0.5, 0.6) is 0 Å². The fourth-order valence-corrected chi connectivity index (χ4v) is 1.01. The van der Waals surface area contributed by atoms with E-state index >= 15 is 0 Å². The normalized spacial score (nSPS) is 11.4. The van der Waals surface area contributed by atoms with Gasteiger partial charge in [-0.05, 0) is 18.2 Å². The van der Waals surface area contributed by atoms with E-state index in [2.05, 4.69) is 0 Å². The summed E-state index contributed by atoms with van der Waals surface area (Å²) in [7, 11) is 0. The van der Waals surface area contributed by atoms with Gasteiger partial charge in [0.1, 0.15) is 0 Å². The second-order valence-corrected chi connectivity index (χ2v) is 2.97. The van der Waals surface area contributed by atoms with Crippen LogP contribution in [0, 0.1) is 0 Å². The number of ketones is 1. The van der Waals surface area contributed by atoms with E-state index in [0.717, 1.165) is 18.2 Å². The smallest absolute Gasteiger partial charge is 0.398 e. The van der Waals surface area contributed by atoms with Crippen LogP contribution in [0.25, 0.3) is 0 Å². The number of halogens is 4. The van der Waals surface area contributed by atoms with E-state index in [1.54, 1.807) is 0 Å². The van der Waals surface area contributed by atoms with Crippen LogP contribution in [-0.2, 0) is 0 Å². The maximum atomic E-state index is 11.9. The molecule has 0 saturated heterocycles. The van der Waals surface area contributed by atoms with Crippen molar-refractivity contribution in [2.45, 2.75) is 6.18 Å².